The van der Waals surface area contributed by atoms with Crippen molar-refractivity contribution < 1.29 is 9.53 Å². The maximum Gasteiger partial charge on any atom is 0.228 e. The van der Waals surface area contributed by atoms with Gasteiger partial charge < -0.3 is 14.2 Å². The van der Waals surface area contributed by atoms with Crippen LogP contribution in [0.3, 0.4) is 0 Å². The number of aliphatic imine (C=N–C) groups is 1. The summed E-state index contributed by atoms with van der Waals surface area (Å²) in [5, 5.41) is 1.17. The maximum atomic E-state index is 12.3. The molecule has 2 aromatic carbocycles. The van der Waals surface area contributed by atoms with Crippen LogP contribution < -0.4 is 4.74 Å². The topological polar surface area (TPSA) is 46.8 Å². The van der Waals surface area contributed by atoms with Gasteiger partial charge in [-0.3, -0.25) is 4.79 Å². The Morgan fingerprint density at radius 2 is 2.00 bits per heavy atom. The first kappa shape index (κ1) is 14.3. The number of amidine groups is 1. The van der Waals surface area contributed by atoms with E-state index in [-0.39, 0.29) is 11.8 Å². The van der Waals surface area contributed by atoms with E-state index >= 15 is 0 Å². The molecule has 1 fully saturated rings. The van der Waals surface area contributed by atoms with Crippen molar-refractivity contribution in [2.45, 2.75) is 12.3 Å². The van der Waals surface area contributed by atoms with Gasteiger partial charge in [0.15, 0.2) is 0 Å². The third-order valence-electron chi connectivity index (χ3n) is 5.16. The highest BCUT2D eigenvalue weighted by Crippen LogP contribution is 2.42. The van der Waals surface area contributed by atoms with Crippen LogP contribution in [0.25, 0.3) is 16.6 Å². The first-order chi connectivity index (χ1) is 12.2. The largest absolute Gasteiger partial charge is 0.497 e. The Labute approximate surface area is 145 Å². The average Bonchev–Trinajstić information content (AvgIpc) is 3.10. The molecule has 3 aromatic rings. The van der Waals surface area contributed by atoms with Crippen LogP contribution in [0.1, 0.15) is 18.0 Å². The summed E-state index contributed by atoms with van der Waals surface area (Å²) in [5.41, 5.74) is 4.07. The van der Waals surface area contributed by atoms with Crippen molar-refractivity contribution in [3.63, 3.8) is 0 Å². The van der Waals surface area contributed by atoms with Crippen LogP contribution in [0.5, 0.6) is 5.75 Å². The SMILES string of the molecule is COc1ccc2c(c1)N=C1C(CC(=O)N1C)c1cc3ccccc3n1-2. The molecular weight excluding hydrogens is 314 g/mol. The molecule has 2 aliphatic rings. The number of rotatable bonds is 1. The fourth-order valence-electron chi connectivity index (χ4n) is 3.89. The summed E-state index contributed by atoms with van der Waals surface area (Å²) in [5.74, 6) is 1.64. The van der Waals surface area contributed by atoms with E-state index in [1.165, 1.54) is 5.39 Å². The molecule has 0 spiro atoms. The zero-order valence-electron chi connectivity index (χ0n) is 14.1. The molecule has 1 amide bonds. The fraction of sp³-hybridized carbons (Fsp3) is 0.200. The van der Waals surface area contributed by atoms with Gasteiger partial charge in [0.05, 0.1) is 29.9 Å². The summed E-state index contributed by atoms with van der Waals surface area (Å²) >= 11 is 0. The third-order valence-corrected chi connectivity index (χ3v) is 5.16. The number of nitrogens with zero attached hydrogens (tertiary/aromatic N) is 3. The molecule has 0 radical (unpaired) electrons. The van der Waals surface area contributed by atoms with E-state index in [0.29, 0.717) is 6.42 Å². The lowest BCUT2D eigenvalue weighted by molar-refractivity contribution is -0.124. The molecule has 3 heterocycles. The van der Waals surface area contributed by atoms with E-state index in [9.17, 15) is 4.79 Å². The smallest absolute Gasteiger partial charge is 0.228 e. The number of carbonyl (C=O) groups excluding carboxylic acids is 1. The second kappa shape index (κ2) is 4.96. The molecule has 25 heavy (non-hydrogen) atoms. The number of fused-ring (bicyclic) bond motifs is 7. The summed E-state index contributed by atoms with van der Waals surface area (Å²) in [4.78, 5) is 18.9. The monoisotopic (exact) mass is 331 g/mol. The molecule has 1 unspecified atom stereocenters. The number of hydrogen-bond acceptors (Lipinski definition) is 3. The second-order valence-corrected chi connectivity index (χ2v) is 6.50. The molecule has 5 heteroatoms. The van der Waals surface area contributed by atoms with Gasteiger partial charge in [0, 0.05) is 30.6 Å². The van der Waals surface area contributed by atoms with Crippen molar-refractivity contribution in [2.75, 3.05) is 14.2 Å². The number of carbonyl (C=O) groups is 1. The van der Waals surface area contributed by atoms with Crippen LogP contribution in [0, 0.1) is 0 Å². The van der Waals surface area contributed by atoms with E-state index in [1.54, 1.807) is 19.1 Å². The Balaban J connectivity index is 1.89. The molecule has 0 saturated carbocycles. The van der Waals surface area contributed by atoms with Crippen LogP contribution in [0.15, 0.2) is 53.5 Å². The van der Waals surface area contributed by atoms with Crippen molar-refractivity contribution in [1.82, 2.24) is 9.47 Å². The summed E-state index contributed by atoms with van der Waals surface area (Å²) in [6, 6.07) is 16.4. The number of ether oxygens (including phenoxy) is 1. The molecule has 124 valence electrons. The first-order valence-corrected chi connectivity index (χ1v) is 8.31. The lowest BCUT2D eigenvalue weighted by Gasteiger charge is -2.13. The lowest BCUT2D eigenvalue weighted by Crippen LogP contribution is -2.25. The normalized spacial score (nSPS) is 18.5. The maximum absolute atomic E-state index is 12.3. The van der Waals surface area contributed by atoms with Crippen molar-refractivity contribution in [2.24, 2.45) is 4.99 Å². The number of methoxy groups -OCH3 is 1. The van der Waals surface area contributed by atoms with Gasteiger partial charge in [0.2, 0.25) is 5.91 Å². The molecule has 0 aliphatic carbocycles. The Kier molecular flexibility index (Phi) is 2.83. The van der Waals surface area contributed by atoms with Gasteiger partial charge in [-0.2, -0.15) is 0 Å². The summed E-state index contributed by atoms with van der Waals surface area (Å²) in [7, 11) is 3.45. The molecule has 0 N–H and O–H groups in total. The summed E-state index contributed by atoms with van der Waals surface area (Å²) < 4.78 is 7.61. The van der Waals surface area contributed by atoms with E-state index in [1.807, 2.05) is 30.3 Å². The Morgan fingerprint density at radius 1 is 1.16 bits per heavy atom. The predicted octanol–water partition coefficient (Wildman–Crippen LogP) is 3.63. The molecule has 1 aromatic heterocycles. The predicted molar refractivity (Wildman–Crippen MR) is 97.1 cm³/mol. The third kappa shape index (κ3) is 1.89. The zero-order chi connectivity index (χ0) is 17.1. The standard InChI is InChI=1S/C20H17N3O2/c1-22-19(24)11-14-18-9-12-5-3-4-6-16(12)23(18)17-8-7-13(25-2)10-15(17)21-20(14)22/h3-10,14H,11H2,1-2H3. The molecule has 2 aliphatic heterocycles. The van der Waals surface area contributed by atoms with Gasteiger partial charge in [-0.1, -0.05) is 18.2 Å². The van der Waals surface area contributed by atoms with Crippen molar-refractivity contribution in [3.05, 3.63) is 54.2 Å². The van der Waals surface area contributed by atoms with Gasteiger partial charge in [-0.25, -0.2) is 4.99 Å². The van der Waals surface area contributed by atoms with Crippen LogP contribution in [0.2, 0.25) is 0 Å². The Bertz CT molecular complexity index is 1060. The molecule has 1 saturated heterocycles. The highest BCUT2D eigenvalue weighted by Gasteiger charge is 2.39. The van der Waals surface area contributed by atoms with E-state index in [0.717, 1.165) is 34.2 Å². The van der Waals surface area contributed by atoms with Crippen LogP contribution in [0.4, 0.5) is 5.69 Å². The van der Waals surface area contributed by atoms with Gasteiger partial charge in [0.1, 0.15) is 11.6 Å². The quantitative estimate of drug-likeness (QED) is 0.683. The minimum absolute atomic E-state index is 0.0247. The van der Waals surface area contributed by atoms with Crippen molar-refractivity contribution in [3.8, 4) is 11.4 Å². The number of likely N-dealkylation sites (N-methyl/N-ethyl adjacent to an activating group) is 1. The number of aromatic nitrogens is 1. The first-order valence-electron chi connectivity index (χ1n) is 8.31. The average molecular weight is 331 g/mol. The van der Waals surface area contributed by atoms with Gasteiger partial charge in [0.25, 0.3) is 0 Å². The van der Waals surface area contributed by atoms with Gasteiger partial charge in [-0.15, -0.1) is 0 Å². The number of para-hydroxylation sites is 1. The van der Waals surface area contributed by atoms with Crippen molar-refractivity contribution in [1.29, 1.82) is 0 Å². The second-order valence-electron chi connectivity index (χ2n) is 6.50. The summed E-state index contributed by atoms with van der Waals surface area (Å²) in [6.45, 7) is 0. The number of benzene rings is 2. The number of hydrogen-bond donors (Lipinski definition) is 0. The minimum Gasteiger partial charge on any atom is -0.497 e. The number of likely N-dealkylation sites (tertiary alicyclic amines) is 1. The molecule has 1 atom stereocenters. The van der Waals surface area contributed by atoms with Crippen molar-refractivity contribution >= 4 is 28.3 Å². The molecular formula is C20H17N3O2. The van der Waals surface area contributed by atoms with E-state index < -0.39 is 0 Å². The number of amides is 1. The van der Waals surface area contributed by atoms with Gasteiger partial charge in [-0.05, 0) is 24.3 Å². The van der Waals surface area contributed by atoms with Crippen LogP contribution in [-0.4, -0.2) is 35.4 Å². The van der Waals surface area contributed by atoms with Gasteiger partial charge >= 0.3 is 0 Å². The highest BCUT2D eigenvalue weighted by molar-refractivity contribution is 6.10. The molecule has 0 bridgehead atoms. The minimum atomic E-state index is -0.0247. The highest BCUT2D eigenvalue weighted by atomic mass is 16.5. The molecule has 5 nitrogen and oxygen atoms in total. The van der Waals surface area contributed by atoms with Crippen LogP contribution in [-0.2, 0) is 4.79 Å². The summed E-state index contributed by atoms with van der Waals surface area (Å²) in [6.07, 6.45) is 0.455. The Morgan fingerprint density at radius 3 is 2.84 bits per heavy atom. The van der Waals surface area contributed by atoms with Crippen LogP contribution >= 0.6 is 0 Å². The zero-order valence-corrected chi connectivity index (χ0v) is 14.1. The lowest BCUT2D eigenvalue weighted by atomic mass is 10.0. The van der Waals surface area contributed by atoms with E-state index in [2.05, 4.69) is 22.8 Å². The van der Waals surface area contributed by atoms with E-state index in [4.69, 9.17) is 9.73 Å². The Hall–Kier alpha value is -3.08. The fourth-order valence-corrected chi connectivity index (χ4v) is 3.89. The molecule has 5 rings (SSSR count).